The van der Waals surface area contributed by atoms with Gasteiger partial charge in [0.05, 0.1) is 9.92 Å². The van der Waals surface area contributed by atoms with Crippen LogP contribution in [0.5, 0.6) is 0 Å². The summed E-state index contributed by atoms with van der Waals surface area (Å²) in [6.07, 6.45) is 1.96. The number of halogens is 2. The normalized spacial score (nSPS) is 21.1. The molecule has 1 fully saturated rings. The minimum absolute atomic E-state index is 0.260. The van der Waals surface area contributed by atoms with Crippen molar-refractivity contribution in [2.24, 2.45) is 5.92 Å². The van der Waals surface area contributed by atoms with Gasteiger partial charge in [-0.15, -0.1) is 0 Å². The largest absolute Gasteiger partial charge is 0.319 e. The Labute approximate surface area is 133 Å². The minimum atomic E-state index is -3.45. The molecule has 1 aromatic rings. The summed E-state index contributed by atoms with van der Waals surface area (Å²) in [6.45, 7) is 1.99. The maximum atomic E-state index is 12.6. The lowest BCUT2D eigenvalue weighted by Crippen LogP contribution is -2.42. The van der Waals surface area contributed by atoms with Gasteiger partial charge in [0.25, 0.3) is 0 Å². The average molecular weight is 382 g/mol. The van der Waals surface area contributed by atoms with E-state index in [1.165, 1.54) is 6.07 Å². The zero-order valence-corrected chi connectivity index (χ0v) is 14.4. The molecule has 0 radical (unpaired) electrons. The van der Waals surface area contributed by atoms with E-state index in [4.69, 9.17) is 11.6 Å². The smallest absolute Gasteiger partial charge is 0.243 e. The molecule has 112 valence electrons. The molecule has 0 bridgehead atoms. The molecule has 1 saturated heterocycles. The van der Waals surface area contributed by atoms with E-state index in [0.29, 0.717) is 28.5 Å². The highest BCUT2D eigenvalue weighted by molar-refractivity contribution is 9.10. The van der Waals surface area contributed by atoms with Crippen LogP contribution in [0.2, 0.25) is 5.02 Å². The molecular formula is C13H18BrClN2O2S. The summed E-state index contributed by atoms with van der Waals surface area (Å²) in [7, 11) is -1.56. The van der Waals surface area contributed by atoms with Gasteiger partial charge in [-0.25, -0.2) is 8.42 Å². The van der Waals surface area contributed by atoms with Crippen molar-refractivity contribution in [1.29, 1.82) is 0 Å². The van der Waals surface area contributed by atoms with Gasteiger partial charge in [-0.2, -0.15) is 4.31 Å². The summed E-state index contributed by atoms with van der Waals surface area (Å²) in [6, 6.07) is 4.76. The Hall–Kier alpha value is -0.140. The lowest BCUT2D eigenvalue weighted by Gasteiger charge is -2.31. The standard InChI is InChI=1S/C13H18BrClN2O2S/c1-16-8-10-3-2-6-17(9-10)20(18,19)11-4-5-12(14)13(15)7-11/h4-5,7,10,16H,2-3,6,8-9H2,1H3/t10-/m0/s1. The number of rotatable bonds is 4. The molecule has 4 nitrogen and oxygen atoms in total. The van der Waals surface area contributed by atoms with Gasteiger partial charge in [0.1, 0.15) is 0 Å². The van der Waals surface area contributed by atoms with Crippen molar-refractivity contribution < 1.29 is 8.42 Å². The summed E-state index contributed by atoms with van der Waals surface area (Å²) in [5, 5.41) is 3.53. The Morgan fingerprint density at radius 2 is 2.25 bits per heavy atom. The minimum Gasteiger partial charge on any atom is -0.319 e. The number of nitrogens with zero attached hydrogens (tertiary/aromatic N) is 1. The topological polar surface area (TPSA) is 49.4 Å². The van der Waals surface area contributed by atoms with E-state index in [1.54, 1.807) is 16.4 Å². The molecule has 7 heteroatoms. The summed E-state index contributed by atoms with van der Waals surface area (Å²) < 4.78 is 27.5. The number of piperidine rings is 1. The van der Waals surface area contributed by atoms with Gasteiger partial charge in [0, 0.05) is 17.6 Å². The van der Waals surface area contributed by atoms with Crippen molar-refractivity contribution in [3.8, 4) is 0 Å². The van der Waals surface area contributed by atoms with Crippen LogP contribution in [0.25, 0.3) is 0 Å². The van der Waals surface area contributed by atoms with Gasteiger partial charge in [-0.3, -0.25) is 0 Å². The van der Waals surface area contributed by atoms with Crippen LogP contribution >= 0.6 is 27.5 Å². The highest BCUT2D eigenvalue weighted by Gasteiger charge is 2.30. The molecule has 0 amide bonds. The van der Waals surface area contributed by atoms with Crippen molar-refractivity contribution in [2.45, 2.75) is 17.7 Å². The van der Waals surface area contributed by atoms with Gasteiger partial charge in [0.2, 0.25) is 10.0 Å². The lowest BCUT2D eigenvalue weighted by molar-refractivity contribution is 0.263. The van der Waals surface area contributed by atoms with Crippen LogP contribution in [0.1, 0.15) is 12.8 Å². The first-order valence-electron chi connectivity index (χ1n) is 6.55. The molecule has 0 aliphatic carbocycles. The monoisotopic (exact) mass is 380 g/mol. The fourth-order valence-electron chi connectivity index (χ4n) is 2.49. The van der Waals surface area contributed by atoms with Crippen molar-refractivity contribution in [3.63, 3.8) is 0 Å². The second kappa shape index (κ2) is 6.75. The van der Waals surface area contributed by atoms with E-state index in [1.807, 2.05) is 7.05 Å². The zero-order chi connectivity index (χ0) is 14.8. The van der Waals surface area contributed by atoms with E-state index in [2.05, 4.69) is 21.2 Å². The number of nitrogens with one attached hydrogen (secondary N) is 1. The molecule has 2 rings (SSSR count). The Kier molecular flexibility index (Phi) is 5.48. The number of hydrogen-bond donors (Lipinski definition) is 1. The molecule has 1 atom stereocenters. The van der Waals surface area contributed by atoms with E-state index in [9.17, 15) is 8.42 Å². The fraction of sp³-hybridized carbons (Fsp3) is 0.538. The Morgan fingerprint density at radius 3 is 2.90 bits per heavy atom. The molecule has 1 heterocycles. The van der Waals surface area contributed by atoms with Crippen LogP contribution in [0.4, 0.5) is 0 Å². The molecule has 0 spiro atoms. The predicted molar refractivity (Wildman–Crippen MR) is 84.6 cm³/mol. The van der Waals surface area contributed by atoms with Crippen LogP contribution in [-0.4, -0.2) is 39.4 Å². The molecule has 1 N–H and O–H groups in total. The Balaban J connectivity index is 2.23. The first-order chi connectivity index (χ1) is 9.45. The predicted octanol–water partition coefficient (Wildman–Crippen LogP) is 2.72. The second-order valence-electron chi connectivity index (χ2n) is 5.00. The van der Waals surface area contributed by atoms with Crippen LogP contribution in [0, 0.1) is 5.92 Å². The fourth-order valence-corrected chi connectivity index (χ4v) is 4.56. The number of benzene rings is 1. The maximum absolute atomic E-state index is 12.6. The molecular weight excluding hydrogens is 364 g/mol. The first kappa shape index (κ1) is 16.2. The Morgan fingerprint density at radius 1 is 1.50 bits per heavy atom. The van der Waals surface area contributed by atoms with Crippen molar-refractivity contribution >= 4 is 37.6 Å². The second-order valence-corrected chi connectivity index (χ2v) is 8.20. The third kappa shape index (κ3) is 3.54. The van der Waals surface area contributed by atoms with Crippen molar-refractivity contribution in [1.82, 2.24) is 9.62 Å². The van der Waals surface area contributed by atoms with E-state index in [0.717, 1.165) is 19.4 Å². The van der Waals surface area contributed by atoms with Gasteiger partial charge in [-0.05, 0) is 66.5 Å². The number of hydrogen-bond acceptors (Lipinski definition) is 3. The van der Waals surface area contributed by atoms with Crippen LogP contribution < -0.4 is 5.32 Å². The average Bonchev–Trinajstić information content (AvgIpc) is 2.42. The highest BCUT2D eigenvalue weighted by atomic mass is 79.9. The third-order valence-corrected chi connectivity index (χ3v) is 6.60. The highest BCUT2D eigenvalue weighted by Crippen LogP contribution is 2.28. The summed E-state index contributed by atoms with van der Waals surface area (Å²) >= 11 is 9.27. The van der Waals surface area contributed by atoms with E-state index < -0.39 is 10.0 Å². The molecule has 1 aliphatic heterocycles. The summed E-state index contributed by atoms with van der Waals surface area (Å²) in [4.78, 5) is 0.260. The van der Waals surface area contributed by atoms with Crippen molar-refractivity contribution in [2.75, 3.05) is 26.7 Å². The van der Waals surface area contributed by atoms with Crippen LogP contribution in [0.3, 0.4) is 0 Å². The van der Waals surface area contributed by atoms with E-state index in [-0.39, 0.29) is 4.90 Å². The quantitative estimate of drug-likeness (QED) is 0.872. The van der Waals surface area contributed by atoms with Crippen molar-refractivity contribution in [3.05, 3.63) is 27.7 Å². The molecule has 1 aliphatic rings. The van der Waals surface area contributed by atoms with Gasteiger partial charge < -0.3 is 5.32 Å². The summed E-state index contributed by atoms with van der Waals surface area (Å²) in [5.74, 6) is 0.370. The molecule has 0 unspecified atom stereocenters. The SMILES string of the molecule is CNC[C@@H]1CCCN(S(=O)(=O)c2ccc(Br)c(Cl)c2)C1. The Bertz CT molecular complexity index is 578. The molecule has 0 saturated carbocycles. The van der Waals surface area contributed by atoms with Crippen LogP contribution in [-0.2, 0) is 10.0 Å². The summed E-state index contributed by atoms with van der Waals surface area (Å²) in [5.41, 5.74) is 0. The van der Waals surface area contributed by atoms with E-state index >= 15 is 0 Å². The molecule has 1 aromatic carbocycles. The first-order valence-corrected chi connectivity index (χ1v) is 9.16. The molecule has 20 heavy (non-hydrogen) atoms. The van der Waals surface area contributed by atoms with Gasteiger partial charge >= 0.3 is 0 Å². The van der Waals surface area contributed by atoms with Crippen LogP contribution in [0.15, 0.2) is 27.6 Å². The number of sulfonamides is 1. The molecule has 0 aromatic heterocycles. The lowest BCUT2D eigenvalue weighted by atomic mass is 10.00. The third-order valence-electron chi connectivity index (χ3n) is 3.50. The van der Waals surface area contributed by atoms with Gasteiger partial charge in [0.15, 0.2) is 0 Å². The zero-order valence-electron chi connectivity index (χ0n) is 11.3. The van der Waals surface area contributed by atoms with Gasteiger partial charge in [-0.1, -0.05) is 11.6 Å². The maximum Gasteiger partial charge on any atom is 0.243 e.